The Hall–Kier alpha value is -0.390. The fourth-order valence-corrected chi connectivity index (χ4v) is 4.82. The van der Waals surface area contributed by atoms with Crippen molar-refractivity contribution in [3.8, 4) is 0 Å². The molecule has 1 aliphatic heterocycles. The van der Waals surface area contributed by atoms with E-state index in [-0.39, 0.29) is 11.3 Å². The van der Waals surface area contributed by atoms with E-state index in [1.165, 1.54) is 12.5 Å². The maximum atomic E-state index is 12.3. The van der Waals surface area contributed by atoms with Crippen LogP contribution in [0.4, 0.5) is 0 Å². The van der Waals surface area contributed by atoms with Gasteiger partial charge in [-0.25, -0.2) is 8.42 Å². The van der Waals surface area contributed by atoms with E-state index in [9.17, 15) is 8.42 Å². The third-order valence-corrected chi connectivity index (χ3v) is 5.82. The maximum absolute atomic E-state index is 12.3. The third kappa shape index (κ3) is 2.56. The van der Waals surface area contributed by atoms with E-state index in [1.54, 1.807) is 4.31 Å². The van der Waals surface area contributed by atoms with Gasteiger partial charge in [-0.05, 0) is 12.8 Å². The summed E-state index contributed by atoms with van der Waals surface area (Å²) in [7, 11) is -3.17. The smallest absolute Gasteiger partial charge is 0.218 e. The second kappa shape index (κ2) is 5.08. The van der Waals surface area contributed by atoms with E-state index in [0.29, 0.717) is 6.54 Å². The highest BCUT2D eigenvalue weighted by Crippen LogP contribution is 2.36. The Labute approximate surface area is 104 Å². The first-order valence-corrected chi connectivity index (χ1v) is 8.04. The van der Waals surface area contributed by atoms with Gasteiger partial charge >= 0.3 is 0 Å². The molecule has 1 saturated heterocycles. The molecule has 17 heavy (non-hydrogen) atoms. The van der Waals surface area contributed by atoms with Gasteiger partial charge in [0.2, 0.25) is 10.0 Å². The third-order valence-electron chi connectivity index (χ3n) is 3.92. The van der Waals surface area contributed by atoms with Gasteiger partial charge in [0.25, 0.3) is 0 Å². The highest BCUT2D eigenvalue weighted by atomic mass is 32.2. The molecule has 1 aliphatic carbocycles. The van der Waals surface area contributed by atoms with Crippen LogP contribution in [0.15, 0.2) is 12.7 Å². The molecule has 0 aromatic carbocycles. The van der Waals surface area contributed by atoms with Crippen molar-refractivity contribution in [2.45, 2.75) is 37.6 Å². The van der Waals surface area contributed by atoms with Crippen molar-refractivity contribution in [1.82, 2.24) is 9.62 Å². The molecule has 5 heteroatoms. The lowest BCUT2D eigenvalue weighted by atomic mass is 9.80. The van der Waals surface area contributed by atoms with E-state index >= 15 is 0 Å². The first-order chi connectivity index (χ1) is 8.11. The van der Waals surface area contributed by atoms with Gasteiger partial charge in [0.1, 0.15) is 0 Å². The SMILES string of the molecule is C=CCS(=O)(=O)N1CCNCC12CCCCC2. The molecule has 1 N–H and O–H groups in total. The zero-order valence-electron chi connectivity index (χ0n) is 10.3. The zero-order valence-corrected chi connectivity index (χ0v) is 11.1. The highest BCUT2D eigenvalue weighted by Gasteiger charge is 2.44. The Morgan fingerprint density at radius 1 is 1.29 bits per heavy atom. The molecule has 0 unspecified atom stereocenters. The number of hydrogen-bond donors (Lipinski definition) is 1. The van der Waals surface area contributed by atoms with Crippen molar-refractivity contribution in [2.24, 2.45) is 0 Å². The summed E-state index contributed by atoms with van der Waals surface area (Å²) in [5.74, 6) is 0.0642. The predicted octanol–water partition coefficient (Wildman–Crippen LogP) is 1.11. The summed E-state index contributed by atoms with van der Waals surface area (Å²) in [6.45, 7) is 5.73. The molecule has 4 nitrogen and oxygen atoms in total. The van der Waals surface area contributed by atoms with Crippen molar-refractivity contribution < 1.29 is 8.42 Å². The molecule has 1 heterocycles. The molecule has 0 amide bonds. The van der Waals surface area contributed by atoms with Crippen LogP contribution in [0.3, 0.4) is 0 Å². The van der Waals surface area contributed by atoms with Crippen molar-refractivity contribution in [3.05, 3.63) is 12.7 Å². The maximum Gasteiger partial charge on any atom is 0.218 e. The lowest BCUT2D eigenvalue weighted by molar-refractivity contribution is 0.101. The molecule has 0 aromatic rings. The topological polar surface area (TPSA) is 49.4 Å². The molecule has 1 saturated carbocycles. The molecular formula is C12H22N2O2S. The van der Waals surface area contributed by atoms with Crippen LogP contribution in [0, 0.1) is 0 Å². The van der Waals surface area contributed by atoms with Crippen LogP contribution >= 0.6 is 0 Å². The number of hydrogen-bond acceptors (Lipinski definition) is 3. The van der Waals surface area contributed by atoms with Crippen molar-refractivity contribution in [1.29, 1.82) is 0 Å². The fraction of sp³-hybridized carbons (Fsp3) is 0.833. The van der Waals surface area contributed by atoms with Gasteiger partial charge in [0, 0.05) is 25.2 Å². The molecule has 2 fully saturated rings. The number of piperazine rings is 1. The van der Waals surface area contributed by atoms with Crippen LogP contribution in [0.1, 0.15) is 32.1 Å². The lowest BCUT2D eigenvalue weighted by Crippen LogP contribution is -2.63. The summed E-state index contributed by atoms with van der Waals surface area (Å²) in [6, 6.07) is 0. The quantitative estimate of drug-likeness (QED) is 0.772. The number of sulfonamides is 1. The average molecular weight is 258 g/mol. The molecule has 0 atom stereocenters. The van der Waals surface area contributed by atoms with E-state index in [4.69, 9.17) is 0 Å². The summed E-state index contributed by atoms with van der Waals surface area (Å²) in [5, 5.41) is 3.36. The number of nitrogens with one attached hydrogen (secondary N) is 1. The summed E-state index contributed by atoms with van der Waals surface area (Å²) < 4.78 is 26.3. The van der Waals surface area contributed by atoms with Gasteiger partial charge in [0.15, 0.2) is 0 Å². The highest BCUT2D eigenvalue weighted by molar-refractivity contribution is 7.89. The van der Waals surface area contributed by atoms with Gasteiger partial charge in [0.05, 0.1) is 5.75 Å². The Balaban J connectivity index is 2.25. The molecule has 2 aliphatic rings. The fourth-order valence-electron chi connectivity index (χ4n) is 3.14. The monoisotopic (exact) mass is 258 g/mol. The molecular weight excluding hydrogens is 236 g/mol. The van der Waals surface area contributed by atoms with Crippen LogP contribution in [0.5, 0.6) is 0 Å². The lowest BCUT2D eigenvalue weighted by Gasteiger charge is -2.48. The summed E-state index contributed by atoms with van der Waals surface area (Å²) in [6.07, 6.45) is 7.00. The number of nitrogens with zero attached hydrogens (tertiary/aromatic N) is 1. The van der Waals surface area contributed by atoms with E-state index in [0.717, 1.165) is 38.8 Å². The van der Waals surface area contributed by atoms with Gasteiger partial charge in [-0.1, -0.05) is 25.3 Å². The molecule has 0 radical (unpaired) electrons. The van der Waals surface area contributed by atoms with Gasteiger partial charge in [-0.3, -0.25) is 0 Å². The van der Waals surface area contributed by atoms with Crippen molar-refractivity contribution in [2.75, 3.05) is 25.4 Å². The normalized spacial score (nSPS) is 25.9. The molecule has 0 aromatic heterocycles. The summed E-state index contributed by atoms with van der Waals surface area (Å²) in [5.41, 5.74) is -0.154. The second-order valence-corrected chi connectivity index (χ2v) is 7.04. The van der Waals surface area contributed by atoms with Crippen LogP contribution in [-0.2, 0) is 10.0 Å². The van der Waals surface area contributed by atoms with Crippen LogP contribution in [0.25, 0.3) is 0 Å². The standard InChI is InChI=1S/C12H22N2O2S/c1-2-10-17(15,16)14-9-8-13-11-12(14)6-4-3-5-7-12/h2,13H,1,3-11H2. The Morgan fingerprint density at radius 2 is 2.00 bits per heavy atom. The van der Waals surface area contributed by atoms with Crippen LogP contribution in [0.2, 0.25) is 0 Å². The predicted molar refractivity (Wildman–Crippen MR) is 69.4 cm³/mol. The number of rotatable bonds is 3. The first kappa shape index (κ1) is 13.1. The average Bonchev–Trinajstić information content (AvgIpc) is 2.30. The Kier molecular flexibility index (Phi) is 3.90. The van der Waals surface area contributed by atoms with Gasteiger partial charge in [-0.2, -0.15) is 4.31 Å². The minimum Gasteiger partial charge on any atom is -0.314 e. The van der Waals surface area contributed by atoms with E-state index < -0.39 is 10.0 Å². The van der Waals surface area contributed by atoms with Crippen molar-refractivity contribution >= 4 is 10.0 Å². The first-order valence-electron chi connectivity index (χ1n) is 6.43. The zero-order chi connectivity index (χ0) is 12.4. The molecule has 0 bridgehead atoms. The van der Waals surface area contributed by atoms with Crippen LogP contribution < -0.4 is 5.32 Å². The molecule has 1 spiro atoms. The summed E-state index contributed by atoms with van der Waals surface area (Å²) in [4.78, 5) is 0. The summed E-state index contributed by atoms with van der Waals surface area (Å²) >= 11 is 0. The van der Waals surface area contributed by atoms with Crippen LogP contribution in [-0.4, -0.2) is 43.6 Å². The minimum absolute atomic E-state index is 0.0642. The molecule has 98 valence electrons. The Morgan fingerprint density at radius 3 is 2.65 bits per heavy atom. The van der Waals surface area contributed by atoms with Gasteiger partial charge in [-0.15, -0.1) is 6.58 Å². The minimum atomic E-state index is -3.17. The van der Waals surface area contributed by atoms with Gasteiger partial charge < -0.3 is 5.32 Å². The Bertz CT molecular complexity index is 364. The molecule has 2 rings (SSSR count). The van der Waals surface area contributed by atoms with E-state index in [1.807, 2.05) is 0 Å². The van der Waals surface area contributed by atoms with E-state index in [2.05, 4.69) is 11.9 Å². The second-order valence-electron chi connectivity index (χ2n) is 5.10. The largest absolute Gasteiger partial charge is 0.314 e. The van der Waals surface area contributed by atoms with Crippen molar-refractivity contribution in [3.63, 3.8) is 0 Å².